The lowest BCUT2D eigenvalue weighted by Gasteiger charge is -2.14. The molecular weight excluding hydrogens is 404 g/mol. The smallest absolute Gasteiger partial charge is 0.351 e. The van der Waals surface area contributed by atoms with Crippen LogP contribution in [0.5, 0.6) is 0 Å². The van der Waals surface area contributed by atoms with E-state index in [9.17, 15) is 9.59 Å². The molecule has 1 amide bonds. The Labute approximate surface area is 180 Å². The zero-order valence-corrected chi connectivity index (χ0v) is 17.6. The zero-order valence-electron chi connectivity index (χ0n) is 16.8. The third-order valence-electron chi connectivity index (χ3n) is 4.72. The van der Waals surface area contributed by atoms with Crippen molar-refractivity contribution in [2.75, 3.05) is 24.2 Å². The van der Waals surface area contributed by atoms with Crippen LogP contribution in [0.15, 0.2) is 47.4 Å². The quantitative estimate of drug-likeness (QED) is 0.467. The number of carbonyl (C=O) groups excluding carboxylic acids is 1. The highest BCUT2D eigenvalue weighted by molar-refractivity contribution is 8.00. The molecule has 8 nitrogen and oxygen atoms in total. The molecule has 0 unspecified atom stereocenters. The topological polar surface area (TPSA) is 105 Å². The molecule has 3 N–H and O–H groups in total. The van der Waals surface area contributed by atoms with Gasteiger partial charge in [-0.25, -0.2) is 4.79 Å². The molecule has 1 aromatic heterocycles. The van der Waals surface area contributed by atoms with Crippen LogP contribution in [0.3, 0.4) is 0 Å². The number of hydrogen-bond acceptors (Lipinski definition) is 7. The first kappa shape index (κ1) is 22.5. The summed E-state index contributed by atoms with van der Waals surface area (Å²) in [5.41, 5.74) is 0.453. The van der Waals surface area contributed by atoms with E-state index in [0.717, 1.165) is 32.4 Å². The van der Waals surface area contributed by atoms with E-state index in [1.54, 1.807) is 12.3 Å². The second-order valence-electron chi connectivity index (χ2n) is 7.06. The lowest BCUT2D eigenvalue weighted by molar-refractivity contribution is -0.116. The molecule has 1 saturated heterocycles. The number of benzene rings is 1. The van der Waals surface area contributed by atoms with Crippen LogP contribution in [-0.2, 0) is 16.1 Å². The van der Waals surface area contributed by atoms with Crippen molar-refractivity contribution in [3.8, 4) is 0 Å². The summed E-state index contributed by atoms with van der Waals surface area (Å²) >= 11 is 1.45. The van der Waals surface area contributed by atoms with Crippen LogP contribution in [0.25, 0.3) is 0 Å². The van der Waals surface area contributed by atoms with E-state index >= 15 is 0 Å². The van der Waals surface area contributed by atoms with Gasteiger partial charge >= 0.3 is 5.69 Å². The molecule has 0 radical (unpaired) electrons. The van der Waals surface area contributed by atoms with Gasteiger partial charge in [-0.2, -0.15) is 4.98 Å². The number of hydrogen-bond donors (Lipinski definition) is 3. The van der Waals surface area contributed by atoms with E-state index in [1.807, 2.05) is 18.2 Å². The van der Waals surface area contributed by atoms with Crippen molar-refractivity contribution in [1.29, 1.82) is 0 Å². The Morgan fingerprint density at radius 2 is 2.07 bits per heavy atom. The molecule has 9 heteroatoms. The van der Waals surface area contributed by atoms with Gasteiger partial charge in [0.25, 0.3) is 0 Å². The van der Waals surface area contributed by atoms with Crippen molar-refractivity contribution in [2.24, 2.45) is 0 Å². The molecule has 1 aliphatic heterocycles. The van der Waals surface area contributed by atoms with Crippen LogP contribution in [-0.4, -0.2) is 44.9 Å². The van der Waals surface area contributed by atoms with Crippen molar-refractivity contribution >= 4 is 23.5 Å². The van der Waals surface area contributed by atoms with Gasteiger partial charge in [-0.05, 0) is 31.0 Å². The molecule has 3 rings (SSSR count). The number of aliphatic hydroxyl groups excluding tert-OH is 1. The van der Waals surface area contributed by atoms with Gasteiger partial charge in [-0.1, -0.05) is 36.8 Å². The largest absolute Gasteiger partial charge is 0.393 e. The average molecular weight is 433 g/mol. The summed E-state index contributed by atoms with van der Waals surface area (Å²) in [6.07, 6.45) is 4.24. The lowest BCUT2D eigenvalue weighted by Crippen LogP contribution is -2.29. The lowest BCUT2D eigenvalue weighted by atomic mass is 10.2. The van der Waals surface area contributed by atoms with Gasteiger partial charge in [0.1, 0.15) is 17.5 Å². The SMILES string of the molecule is O=C(CCCCCNCc1ccccc1)Nc1ccn([C@@H]2CS[C@H](CO)O2)c(=O)n1. The number of unbranched alkanes of at least 4 members (excludes halogenated alkanes) is 2. The minimum atomic E-state index is -0.485. The molecule has 1 aromatic carbocycles. The zero-order chi connectivity index (χ0) is 21.2. The second kappa shape index (κ2) is 11.8. The van der Waals surface area contributed by atoms with Crippen molar-refractivity contribution in [2.45, 2.75) is 43.9 Å². The fraction of sp³-hybridized carbons (Fsp3) is 0.476. The number of aromatic nitrogens is 2. The molecule has 162 valence electrons. The Bertz CT molecular complexity index is 862. The number of thioether (sulfide) groups is 1. The number of rotatable bonds is 11. The van der Waals surface area contributed by atoms with Gasteiger partial charge in [0.15, 0.2) is 0 Å². The summed E-state index contributed by atoms with van der Waals surface area (Å²) in [6, 6.07) is 11.8. The number of nitrogens with one attached hydrogen (secondary N) is 2. The maximum absolute atomic E-state index is 12.2. The molecule has 0 saturated carbocycles. The van der Waals surface area contributed by atoms with Gasteiger partial charge in [-0.15, -0.1) is 11.8 Å². The minimum Gasteiger partial charge on any atom is -0.393 e. The molecule has 2 aromatic rings. The van der Waals surface area contributed by atoms with Crippen molar-refractivity contribution in [3.05, 3.63) is 58.6 Å². The molecule has 0 aliphatic carbocycles. The molecule has 1 aliphatic rings. The van der Waals surface area contributed by atoms with Crippen molar-refractivity contribution in [1.82, 2.24) is 14.9 Å². The van der Waals surface area contributed by atoms with E-state index in [-0.39, 0.29) is 23.8 Å². The molecule has 0 spiro atoms. The monoisotopic (exact) mass is 432 g/mol. The van der Waals surface area contributed by atoms with Crippen LogP contribution in [0, 0.1) is 0 Å². The standard InChI is InChI=1S/C21H28N4O4S/c26-14-20-29-19(15-30-20)25-12-10-17(24-21(25)28)23-18(27)9-5-2-6-11-22-13-16-7-3-1-4-8-16/h1,3-4,7-8,10,12,19-20,22,26H,2,5-6,9,11,13-15H2,(H,23,24,27,28)/t19-,20+/m0/s1. The first-order chi connectivity index (χ1) is 14.7. The van der Waals surface area contributed by atoms with E-state index in [2.05, 4.69) is 27.8 Å². The van der Waals surface area contributed by atoms with E-state index < -0.39 is 11.9 Å². The molecule has 30 heavy (non-hydrogen) atoms. The van der Waals surface area contributed by atoms with Crippen LogP contribution in [0.4, 0.5) is 5.82 Å². The number of anilines is 1. The Balaban J connectivity index is 1.32. The summed E-state index contributed by atoms with van der Waals surface area (Å²) in [5.74, 6) is 0.665. The highest BCUT2D eigenvalue weighted by Gasteiger charge is 2.27. The third kappa shape index (κ3) is 6.94. The number of amides is 1. The maximum atomic E-state index is 12.2. The van der Waals surface area contributed by atoms with Crippen molar-refractivity contribution in [3.63, 3.8) is 0 Å². The van der Waals surface area contributed by atoms with Crippen molar-refractivity contribution < 1.29 is 14.6 Å². The Kier molecular flexibility index (Phi) is 8.88. The summed E-state index contributed by atoms with van der Waals surface area (Å²) in [7, 11) is 0. The average Bonchev–Trinajstić information content (AvgIpc) is 3.23. The summed E-state index contributed by atoms with van der Waals surface area (Å²) in [4.78, 5) is 28.2. The molecule has 0 bridgehead atoms. The summed E-state index contributed by atoms with van der Waals surface area (Å²) in [5, 5.41) is 15.2. The molecular formula is C21H28N4O4S. The van der Waals surface area contributed by atoms with Gasteiger partial charge in [0.05, 0.1) is 6.61 Å². The highest BCUT2D eigenvalue weighted by Crippen LogP contribution is 2.30. The molecule has 1 fully saturated rings. The first-order valence-electron chi connectivity index (χ1n) is 10.2. The van der Waals surface area contributed by atoms with Crippen LogP contribution < -0.4 is 16.3 Å². The predicted molar refractivity (Wildman–Crippen MR) is 117 cm³/mol. The second-order valence-corrected chi connectivity index (χ2v) is 8.25. The van der Waals surface area contributed by atoms with E-state index in [4.69, 9.17) is 9.84 Å². The first-order valence-corrected chi connectivity index (χ1v) is 11.2. The molecule has 2 atom stereocenters. The van der Waals surface area contributed by atoms with Crippen LogP contribution >= 0.6 is 11.8 Å². The molecule has 2 heterocycles. The fourth-order valence-corrected chi connectivity index (χ4v) is 4.06. The van der Waals surface area contributed by atoms with Gasteiger partial charge < -0.3 is 20.5 Å². The number of ether oxygens (including phenoxy) is 1. The van der Waals surface area contributed by atoms with E-state index in [0.29, 0.717) is 12.2 Å². The Morgan fingerprint density at radius 1 is 1.23 bits per heavy atom. The Morgan fingerprint density at radius 3 is 2.80 bits per heavy atom. The number of nitrogens with zero attached hydrogens (tertiary/aromatic N) is 2. The highest BCUT2D eigenvalue weighted by atomic mass is 32.2. The van der Waals surface area contributed by atoms with Crippen LogP contribution in [0.1, 0.15) is 37.5 Å². The summed E-state index contributed by atoms with van der Waals surface area (Å²) in [6.45, 7) is 1.67. The van der Waals surface area contributed by atoms with E-state index in [1.165, 1.54) is 21.9 Å². The number of carbonyl (C=O) groups is 1. The fourth-order valence-electron chi connectivity index (χ4n) is 3.13. The van der Waals surface area contributed by atoms with Gasteiger partial charge in [0.2, 0.25) is 5.91 Å². The van der Waals surface area contributed by atoms with Crippen LogP contribution in [0.2, 0.25) is 0 Å². The van der Waals surface area contributed by atoms with Gasteiger partial charge in [-0.3, -0.25) is 9.36 Å². The van der Waals surface area contributed by atoms with Gasteiger partial charge in [0, 0.05) is 24.9 Å². The predicted octanol–water partition coefficient (Wildman–Crippen LogP) is 2.11. The Hall–Kier alpha value is -2.20. The summed E-state index contributed by atoms with van der Waals surface area (Å²) < 4.78 is 6.94. The number of aliphatic hydroxyl groups is 1. The normalized spacial score (nSPS) is 18.4. The minimum absolute atomic E-state index is 0.0967. The maximum Gasteiger partial charge on any atom is 0.351 e. The third-order valence-corrected chi connectivity index (χ3v) is 5.83.